The van der Waals surface area contributed by atoms with Gasteiger partial charge in [0, 0.05) is 20.1 Å². The third kappa shape index (κ3) is 5.71. The fourth-order valence-corrected chi connectivity index (χ4v) is 2.51. The molecule has 0 aliphatic heterocycles. The third-order valence-electron chi connectivity index (χ3n) is 3.75. The van der Waals surface area contributed by atoms with E-state index in [-0.39, 0.29) is 0 Å². The van der Waals surface area contributed by atoms with Gasteiger partial charge >= 0.3 is 0 Å². The number of nitrogens with zero attached hydrogens (tertiary/aromatic N) is 1. The Morgan fingerprint density at radius 3 is 2.32 bits per heavy atom. The highest BCUT2D eigenvalue weighted by Gasteiger charge is 2.06. The summed E-state index contributed by atoms with van der Waals surface area (Å²) in [5, 5.41) is 6.64. The molecule has 0 atom stereocenters. The zero-order chi connectivity index (χ0) is 18.1. The van der Waals surface area contributed by atoms with Crippen molar-refractivity contribution in [2.75, 3.05) is 20.8 Å². The lowest BCUT2D eigenvalue weighted by atomic mass is 10.1. The summed E-state index contributed by atoms with van der Waals surface area (Å²) in [6.45, 7) is 6.04. The van der Waals surface area contributed by atoms with Gasteiger partial charge in [-0.05, 0) is 37.1 Å². The lowest BCUT2D eigenvalue weighted by Crippen LogP contribution is -2.36. The van der Waals surface area contributed by atoms with E-state index in [1.807, 2.05) is 25.1 Å². The first-order valence-electron chi connectivity index (χ1n) is 8.46. The van der Waals surface area contributed by atoms with E-state index >= 15 is 0 Å². The second kappa shape index (κ2) is 9.57. The molecule has 134 valence electrons. The number of guanidine groups is 1. The molecule has 2 aromatic rings. The standard InChI is InChI=1S/C20H27N3O2/c1-5-25-18-10-9-17(12-19(18)24-4)14-23-20(21-3)22-13-16-8-6-7-15(2)11-16/h6-12H,5,13-14H2,1-4H3,(H2,21,22,23). The first-order valence-corrected chi connectivity index (χ1v) is 8.46. The second-order valence-electron chi connectivity index (χ2n) is 5.69. The number of ether oxygens (including phenoxy) is 2. The largest absolute Gasteiger partial charge is 0.493 e. The lowest BCUT2D eigenvalue weighted by molar-refractivity contribution is 0.310. The molecule has 0 saturated carbocycles. The van der Waals surface area contributed by atoms with E-state index in [0.29, 0.717) is 13.2 Å². The zero-order valence-corrected chi connectivity index (χ0v) is 15.4. The van der Waals surface area contributed by atoms with Gasteiger partial charge in [-0.1, -0.05) is 35.9 Å². The molecule has 0 aliphatic rings. The maximum atomic E-state index is 5.55. The van der Waals surface area contributed by atoms with Crippen molar-refractivity contribution in [3.8, 4) is 11.5 Å². The number of rotatable bonds is 7. The minimum Gasteiger partial charge on any atom is -0.493 e. The van der Waals surface area contributed by atoms with E-state index in [4.69, 9.17) is 9.47 Å². The van der Waals surface area contributed by atoms with Crippen LogP contribution in [-0.4, -0.2) is 26.7 Å². The van der Waals surface area contributed by atoms with E-state index in [2.05, 4.69) is 46.8 Å². The summed E-state index contributed by atoms with van der Waals surface area (Å²) in [7, 11) is 3.42. The number of nitrogens with one attached hydrogen (secondary N) is 2. The van der Waals surface area contributed by atoms with Gasteiger partial charge in [-0.25, -0.2) is 0 Å². The maximum absolute atomic E-state index is 5.55. The molecule has 2 rings (SSSR count). The van der Waals surface area contributed by atoms with Crippen molar-refractivity contribution < 1.29 is 9.47 Å². The van der Waals surface area contributed by atoms with Crippen molar-refractivity contribution in [2.24, 2.45) is 4.99 Å². The van der Waals surface area contributed by atoms with E-state index in [9.17, 15) is 0 Å². The van der Waals surface area contributed by atoms with Crippen LogP contribution in [0.4, 0.5) is 0 Å². The van der Waals surface area contributed by atoms with E-state index in [1.165, 1.54) is 11.1 Å². The molecule has 5 nitrogen and oxygen atoms in total. The average molecular weight is 341 g/mol. The third-order valence-corrected chi connectivity index (χ3v) is 3.75. The first-order chi connectivity index (χ1) is 12.2. The van der Waals surface area contributed by atoms with Gasteiger partial charge in [0.2, 0.25) is 0 Å². The smallest absolute Gasteiger partial charge is 0.191 e. The summed E-state index contributed by atoms with van der Waals surface area (Å²) in [5.41, 5.74) is 3.58. The predicted molar refractivity (Wildman–Crippen MR) is 102 cm³/mol. The van der Waals surface area contributed by atoms with Crippen LogP contribution in [0.15, 0.2) is 47.5 Å². The van der Waals surface area contributed by atoms with Crippen LogP contribution in [-0.2, 0) is 13.1 Å². The molecule has 0 amide bonds. The van der Waals surface area contributed by atoms with Crippen LogP contribution in [0, 0.1) is 6.92 Å². The normalized spacial score (nSPS) is 11.1. The van der Waals surface area contributed by atoms with E-state index in [0.717, 1.165) is 29.6 Å². The molecule has 0 saturated heterocycles. The molecule has 2 N–H and O–H groups in total. The Morgan fingerprint density at radius 1 is 1.00 bits per heavy atom. The van der Waals surface area contributed by atoms with Crippen molar-refractivity contribution in [1.29, 1.82) is 0 Å². The Kier molecular flexibility index (Phi) is 7.14. The van der Waals surface area contributed by atoms with Gasteiger partial charge in [0.1, 0.15) is 0 Å². The number of hydrogen-bond acceptors (Lipinski definition) is 3. The summed E-state index contributed by atoms with van der Waals surface area (Å²) in [6.07, 6.45) is 0. The highest BCUT2D eigenvalue weighted by Crippen LogP contribution is 2.27. The Hall–Kier alpha value is -2.69. The summed E-state index contributed by atoms with van der Waals surface area (Å²) in [5.74, 6) is 2.26. The number of aryl methyl sites for hydroxylation is 1. The Morgan fingerprint density at radius 2 is 1.72 bits per heavy atom. The van der Waals surface area contributed by atoms with Gasteiger partial charge in [0.15, 0.2) is 17.5 Å². The number of hydrogen-bond donors (Lipinski definition) is 2. The Bertz CT molecular complexity index is 714. The fourth-order valence-electron chi connectivity index (χ4n) is 2.51. The summed E-state index contributed by atoms with van der Waals surface area (Å²) in [6, 6.07) is 14.4. The van der Waals surface area contributed by atoms with Crippen LogP contribution in [0.2, 0.25) is 0 Å². The van der Waals surface area contributed by atoms with Gasteiger partial charge in [-0.15, -0.1) is 0 Å². The molecule has 0 spiro atoms. The molecule has 25 heavy (non-hydrogen) atoms. The van der Waals surface area contributed by atoms with Gasteiger partial charge < -0.3 is 20.1 Å². The fraction of sp³-hybridized carbons (Fsp3) is 0.350. The van der Waals surface area contributed by atoms with Crippen LogP contribution in [0.5, 0.6) is 11.5 Å². The van der Waals surface area contributed by atoms with Gasteiger partial charge in [0.25, 0.3) is 0 Å². The summed E-state index contributed by atoms with van der Waals surface area (Å²) in [4.78, 5) is 4.27. The molecular weight excluding hydrogens is 314 g/mol. The Balaban J connectivity index is 1.92. The molecule has 2 aromatic carbocycles. The summed E-state index contributed by atoms with van der Waals surface area (Å²) < 4.78 is 10.9. The second-order valence-corrected chi connectivity index (χ2v) is 5.69. The van der Waals surface area contributed by atoms with E-state index in [1.54, 1.807) is 14.2 Å². The molecule has 0 fully saturated rings. The maximum Gasteiger partial charge on any atom is 0.191 e. The Labute approximate surface area is 150 Å². The van der Waals surface area contributed by atoms with Gasteiger partial charge in [0.05, 0.1) is 13.7 Å². The highest BCUT2D eigenvalue weighted by molar-refractivity contribution is 5.79. The average Bonchev–Trinajstić information content (AvgIpc) is 2.63. The molecule has 0 aromatic heterocycles. The van der Waals surface area contributed by atoms with Crippen LogP contribution in [0.1, 0.15) is 23.6 Å². The van der Waals surface area contributed by atoms with Crippen molar-refractivity contribution in [2.45, 2.75) is 26.9 Å². The monoisotopic (exact) mass is 341 g/mol. The minimum absolute atomic E-state index is 0.615. The molecule has 0 bridgehead atoms. The number of benzene rings is 2. The van der Waals surface area contributed by atoms with Crippen LogP contribution >= 0.6 is 0 Å². The molecular formula is C20H27N3O2. The first kappa shape index (κ1) is 18.6. The van der Waals surface area contributed by atoms with Crippen LogP contribution in [0.25, 0.3) is 0 Å². The molecule has 0 radical (unpaired) electrons. The quantitative estimate of drug-likeness (QED) is 0.599. The van der Waals surface area contributed by atoms with Gasteiger partial charge in [-0.2, -0.15) is 0 Å². The summed E-state index contributed by atoms with van der Waals surface area (Å²) >= 11 is 0. The molecule has 5 heteroatoms. The van der Waals surface area contributed by atoms with E-state index < -0.39 is 0 Å². The molecule has 0 heterocycles. The van der Waals surface area contributed by atoms with Crippen molar-refractivity contribution in [1.82, 2.24) is 10.6 Å². The number of aliphatic imine (C=N–C) groups is 1. The van der Waals surface area contributed by atoms with Gasteiger partial charge in [-0.3, -0.25) is 4.99 Å². The van der Waals surface area contributed by atoms with Crippen molar-refractivity contribution >= 4 is 5.96 Å². The SMILES string of the molecule is CCOc1ccc(CNC(=NC)NCc2cccc(C)c2)cc1OC. The van der Waals surface area contributed by atoms with Crippen molar-refractivity contribution in [3.05, 3.63) is 59.2 Å². The van der Waals surface area contributed by atoms with Crippen LogP contribution < -0.4 is 20.1 Å². The minimum atomic E-state index is 0.615. The highest BCUT2D eigenvalue weighted by atomic mass is 16.5. The number of methoxy groups -OCH3 is 1. The lowest BCUT2D eigenvalue weighted by Gasteiger charge is -2.14. The zero-order valence-electron chi connectivity index (χ0n) is 15.4. The topological polar surface area (TPSA) is 54.9 Å². The van der Waals surface area contributed by atoms with Crippen LogP contribution in [0.3, 0.4) is 0 Å². The molecule has 0 unspecified atom stereocenters. The predicted octanol–water partition coefficient (Wildman–Crippen LogP) is 3.27. The van der Waals surface area contributed by atoms with Crippen molar-refractivity contribution in [3.63, 3.8) is 0 Å². The molecule has 0 aliphatic carbocycles.